The van der Waals surface area contributed by atoms with Gasteiger partial charge in [-0.15, -0.1) is 0 Å². The Bertz CT molecular complexity index is 169. The number of likely N-dealkylation sites (N-methyl/N-ethyl adjacent to an activating group) is 1. The molecule has 1 saturated carbocycles. The molecule has 2 aliphatic rings. The van der Waals surface area contributed by atoms with Crippen molar-refractivity contribution >= 4 is 6.03 Å². The van der Waals surface area contributed by atoms with E-state index in [1.54, 1.807) is 0 Å². The van der Waals surface area contributed by atoms with Gasteiger partial charge in [0.05, 0.1) is 12.1 Å². The number of hydrogen-bond acceptors (Lipinski definition) is 1. The van der Waals surface area contributed by atoms with Crippen molar-refractivity contribution in [1.29, 1.82) is 0 Å². The summed E-state index contributed by atoms with van der Waals surface area (Å²) in [7, 11) is 1.88. The van der Waals surface area contributed by atoms with E-state index in [1.165, 1.54) is 19.3 Å². The van der Waals surface area contributed by atoms with Gasteiger partial charge in [0.15, 0.2) is 0 Å². The van der Waals surface area contributed by atoms with Crippen LogP contribution in [0.1, 0.15) is 19.3 Å². The van der Waals surface area contributed by atoms with Gasteiger partial charge in [-0.2, -0.15) is 0 Å². The van der Waals surface area contributed by atoms with Crippen LogP contribution in [0.5, 0.6) is 0 Å². The van der Waals surface area contributed by atoms with Gasteiger partial charge in [0.25, 0.3) is 0 Å². The van der Waals surface area contributed by atoms with Crippen molar-refractivity contribution in [3.63, 3.8) is 0 Å². The molecular formula is C7H12N2O. The molecule has 56 valence electrons. The van der Waals surface area contributed by atoms with Crippen LogP contribution in [0.3, 0.4) is 0 Å². The molecule has 1 aliphatic carbocycles. The van der Waals surface area contributed by atoms with E-state index in [4.69, 9.17) is 0 Å². The third-order valence-electron chi connectivity index (χ3n) is 2.61. The lowest BCUT2D eigenvalue weighted by Gasteiger charge is -2.14. The summed E-state index contributed by atoms with van der Waals surface area (Å²) in [5, 5.41) is 2.95. The van der Waals surface area contributed by atoms with Crippen LogP contribution in [0, 0.1) is 0 Å². The van der Waals surface area contributed by atoms with Gasteiger partial charge in [-0.25, -0.2) is 4.79 Å². The van der Waals surface area contributed by atoms with Gasteiger partial charge in [-0.05, 0) is 19.3 Å². The number of fused-ring (bicyclic) bond motifs is 1. The summed E-state index contributed by atoms with van der Waals surface area (Å²) >= 11 is 0. The lowest BCUT2D eigenvalue weighted by molar-refractivity contribution is 0.215. The SMILES string of the molecule is CN1C(=O)N[C@@H]2CCC[C@@H]21. The average Bonchev–Trinajstić information content (AvgIpc) is 2.41. The summed E-state index contributed by atoms with van der Waals surface area (Å²) in [6, 6.07) is 1.06. The fraction of sp³-hybridized carbons (Fsp3) is 0.857. The Hall–Kier alpha value is -0.730. The molecule has 0 aromatic carbocycles. The summed E-state index contributed by atoms with van der Waals surface area (Å²) < 4.78 is 0. The van der Waals surface area contributed by atoms with Crippen molar-refractivity contribution in [1.82, 2.24) is 10.2 Å². The molecule has 2 rings (SSSR count). The summed E-state index contributed by atoms with van der Waals surface area (Å²) in [5.74, 6) is 0. The Morgan fingerprint density at radius 1 is 1.60 bits per heavy atom. The molecule has 1 N–H and O–H groups in total. The second-order valence-electron chi connectivity index (χ2n) is 3.17. The van der Waals surface area contributed by atoms with Crippen LogP contribution < -0.4 is 5.32 Å². The summed E-state index contributed by atoms with van der Waals surface area (Å²) in [4.78, 5) is 12.8. The molecular weight excluding hydrogens is 128 g/mol. The van der Waals surface area contributed by atoms with Crippen LogP contribution in [0.25, 0.3) is 0 Å². The first-order chi connectivity index (χ1) is 4.79. The van der Waals surface area contributed by atoms with Gasteiger partial charge in [-0.3, -0.25) is 0 Å². The van der Waals surface area contributed by atoms with Gasteiger partial charge < -0.3 is 10.2 Å². The van der Waals surface area contributed by atoms with Crippen LogP contribution in [0.4, 0.5) is 4.79 Å². The van der Waals surface area contributed by atoms with Crippen LogP contribution >= 0.6 is 0 Å². The first kappa shape index (κ1) is 6.01. The van der Waals surface area contributed by atoms with Crippen LogP contribution in [0.2, 0.25) is 0 Å². The number of hydrogen-bond donors (Lipinski definition) is 1. The van der Waals surface area contributed by atoms with Gasteiger partial charge in [0, 0.05) is 7.05 Å². The molecule has 0 unspecified atom stereocenters. The van der Waals surface area contributed by atoms with Gasteiger partial charge >= 0.3 is 6.03 Å². The van der Waals surface area contributed by atoms with E-state index >= 15 is 0 Å². The van der Waals surface area contributed by atoms with Crippen LogP contribution in [0.15, 0.2) is 0 Å². The number of amides is 2. The first-order valence-electron chi connectivity index (χ1n) is 3.82. The highest BCUT2D eigenvalue weighted by Gasteiger charge is 2.39. The maximum Gasteiger partial charge on any atom is 0.317 e. The van der Waals surface area contributed by atoms with Gasteiger partial charge in [0.1, 0.15) is 0 Å². The predicted molar refractivity (Wildman–Crippen MR) is 37.7 cm³/mol. The molecule has 1 heterocycles. The zero-order chi connectivity index (χ0) is 7.14. The average molecular weight is 140 g/mol. The van der Waals surface area contributed by atoms with E-state index in [0.717, 1.165) is 0 Å². The van der Waals surface area contributed by atoms with Crippen molar-refractivity contribution < 1.29 is 4.79 Å². The summed E-state index contributed by atoms with van der Waals surface area (Å²) in [6.45, 7) is 0. The molecule has 1 aliphatic heterocycles. The quantitative estimate of drug-likeness (QED) is 0.524. The lowest BCUT2D eigenvalue weighted by atomic mass is 10.2. The molecule has 0 spiro atoms. The Labute approximate surface area is 60.4 Å². The van der Waals surface area contributed by atoms with Gasteiger partial charge in [0.2, 0.25) is 0 Å². The minimum absolute atomic E-state index is 0.106. The molecule has 2 amide bonds. The standard InChI is InChI=1S/C7H12N2O/c1-9-6-4-2-3-5(6)8-7(9)10/h5-6H,2-4H2,1H3,(H,8,10)/t5-,6+/m1/s1. The summed E-state index contributed by atoms with van der Waals surface area (Å²) in [5.41, 5.74) is 0. The van der Waals surface area contributed by atoms with Crippen LogP contribution in [-0.4, -0.2) is 30.1 Å². The highest BCUT2D eigenvalue weighted by molar-refractivity contribution is 5.77. The fourth-order valence-corrected chi connectivity index (χ4v) is 1.98. The zero-order valence-electron chi connectivity index (χ0n) is 6.13. The largest absolute Gasteiger partial charge is 0.333 e. The normalized spacial score (nSPS) is 38.1. The maximum absolute atomic E-state index is 11.0. The molecule has 0 aromatic heterocycles. The highest BCUT2D eigenvalue weighted by Crippen LogP contribution is 2.27. The predicted octanol–water partition coefficient (Wildman–Crippen LogP) is 0.562. The molecule has 2 fully saturated rings. The second-order valence-corrected chi connectivity index (χ2v) is 3.17. The van der Waals surface area contributed by atoms with Crippen LogP contribution in [-0.2, 0) is 0 Å². The minimum atomic E-state index is 0.106. The minimum Gasteiger partial charge on any atom is -0.333 e. The molecule has 1 saturated heterocycles. The molecule has 2 atom stereocenters. The molecule has 0 radical (unpaired) electrons. The number of rotatable bonds is 0. The second kappa shape index (κ2) is 1.87. The van der Waals surface area contributed by atoms with E-state index in [0.29, 0.717) is 12.1 Å². The Kier molecular flexibility index (Phi) is 1.13. The monoisotopic (exact) mass is 140 g/mol. The number of nitrogens with one attached hydrogen (secondary N) is 1. The number of urea groups is 1. The molecule has 3 nitrogen and oxygen atoms in total. The van der Waals surface area contributed by atoms with E-state index in [1.807, 2.05) is 11.9 Å². The number of nitrogens with zero attached hydrogens (tertiary/aromatic N) is 1. The lowest BCUT2D eigenvalue weighted by Crippen LogP contribution is -2.29. The van der Waals surface area contributed by atoms with E-state index in [9.17, 15) is 4.79 Å². The summed E-state index contributed by atoms with van der Waals surface area (Å²) in [6.07, 6.45) is 3.61. The third kappa shape index (κ3) is 0.632. The van der Waals surface area contributed by atoms with Crippen molar-refractivity contribution in [2.45, 2.75) is 31.3 Å². The fourth-order valence-electron chi connectivity index (χ4n) is 1.98. The molecule has 0 aromatic rings. The first-order valence-corrected chi connectivity index (χ1v) is 3.82. The van der Waals surface area contributed by atoms with Crippen molar-refractivity contribution in [2.24, 2.45) is 0 Å². The number of carbonyl (C=O) groups is 1. The smallest absolute Gasteiger partial charge is 0.317 e. The maximum atomic E-state index is 11.0. The molecule has 10 heavy (non-hydrogen) atoms. The third-order valence-corrected chi connectivity index (χ3v) is 2.61. The van der Waals surface area contributed by atoms with E-state index < -0.39 is 0 Å². The zero-order valence-corrected chi connectivity index (χ0v) is 6.13. The van der Waals surface area contributed by atoms with Crippen molar-refractivity contribution in [3.8, 4) is 0 Å². The molecule has 3 heteroatoms. The Morgan fingerprint density at radius 3 is 3.10 bits per heavy atom. The Balaban J connectivity index is 2.16. The Morgan fingerprint density at radius 2 is 2.40 bits per heavy atom. The van der Waals surface area contributed by atoms with Crippen molar-refractivity contribution in [3.05, 3.63) is 0 Å². The van der Waals surface area contributed by atoms with E-state index in [-0.39, 0.29) is 6.03 Å². The topological polar surface area (TPSA) is 32.3 Å². The highest BCUT2D eigenvalue weighted by atomic mass is 16.2. The number of carbonyl (C=O) groups excluding carboxylic acids is 1. The molecule has 0 bridgehead atoms. The van der Waals surface area contributed by atoms with Crippen molar-refractivity contribution in [2.75, 3.05) is 7.05 Å². The van der Waals surface area contributed by atoms with Gasteiger partial charge in [-0.1, -0.05) is 0 Å². The van der Waals surface area contributed by atoms with E-state index in [2.05, 4.69) is 5.32 Å².